The van der Waals surface area contributed by atoms with Gasteiger partial charge in [0.1, 0.15) is 0 Å². The fourth-order valence-corrected chi connectivity index (χ4v) is 3.04. The summed E-state index contributed by atoms with van der Waals surface area (Å²) in [5.41, 5.74) is 0. The Morgan fingerprint density at radius 1 is 1.24 bits per heavy atom. The molecule has 17 heavy (non-hydrogen) atoms. The molecule has 0 aromatic heterocycles. The lowest BCUT2D eigenvalue weighted by atomic mass is 9.93. The van der Waals surface area contributed by atoms with Crippen molar-refractivity contribution in [1.29, 1.82) is 0 Å². The summed E-state index contributed by atoms with van der Waals surface area (Å²) in [5, 5.41) is 9.20. The van der Waals surface area contributed by atoms with E-state index < -0.39 is 0 Å². The zero-order valence-electron chi connectivity index (χ0n) is 10.8. The first kappa shape index (κ1) is 12.8. The standard InChI is InChI=1S/C13H24N2O2/c1-14-6-3-5-12(9-14)13(17)15-7-2-4-11(8-15)10-16/h11-12,16H,2-10H2,1H3. The molecule has 1 amide bonds. The van der Waals surface area contributed by atoms with Crippen LogP contribution in [0.15, 0.2) is 0 Å². The maximum Gasteiger partial charge on any atom is 0.226 e. The Morgan fingerprint density at radius 3 is 2.71 bits per heavy atom. The number of nitrogens with zero attached hydrogens (tertiary/aromatic N) is 2. The molecule has 0 radical (unpaired) electrons. The van der Waals surface area contributed by atoms with Crippen molar-refractivity contribution in [2.45, 2.75) is 25.7 Å². The number of rotatable bonds is 2. The molecular weight excluding hydrogens is 216 g/mol. The van der Waals surface area contributed by atoms with E-state index in [-0.39, 0.29) is 12.5 Å². The van der Waals surface area contributed by atoms with Gasteiger partial charge in [-0.05, 0) is 45.2 Å². The molecule has 2 unspecified atom stereocenters. The van der Waals surface area contributed by atoms with Gasteiger partial charge in [0.25, 0.3) is 0 Å². The number of likely N-dealkylation sites (tertiary alicyclic amines) is 2. The average molecular weight is 240 g/mol. The molecular formula is C13H24N2O2. The van der Waals surface area contributed by atoms with Gasteiger partial charge >= 0.3 is 0 Å². The van der Waals surface area contributed by atoms with Crippen molar-refractivity contribution >= 4 is 5.91 Å². The van der Waals surface area contributed by atoms with Crippen LogP contribution in [-0.2, 0) is 4.79 Å². The molecule has 2 saturated heterocycles. The number of hydrogen-bond donors (Lipinski definition) is 1. The van der Waals surface area contributed by atoms with Crippen LogP contribution in [0.5, 0.6) is 0 Å². The molecule has 2 aliphatic rings. The molecule has 2 heterocycles. The molecule has 2 fully saturated rings. The number of piperidine rings is 2. The maximum atomic E-state index is 12.4. The van der Waals surface area contributed by atoms with Crippen molar-refractivity contribution in [2.24, 2.45) is 11.8 Å². The van der Waals surface area contributed by atoms with E-state index in [1.165, 1.54) is 0 Å². The molecule has 0 aromatic carbocycles. The minimum Gasteiger partial charge on any atom is -0.396 e. The van der Waals surface area contributed by atoms with Crippen LogP contribution in [0, 0.1) is 11.8 Å². The summed E-state index contributed by atoms with van der Waals surface area (Å²) < 4.78 is 0. The van der Waals surface area contributed by atoms with Crippen molar-refractivity contribution < 1.29 is 9.90 Å². The first-order valence-corrected chi connectivity index (χ1v) is 6.79. The van der Waals surface area contributed by atoms with Gasteiger partial charge in [-0.25, -0.2) is 0 Å². The molecule has 0 aliphatic carbocycles. The Hall–Kier alpha value is -0.610. The largest absolute Gasteiger partial charge is 0.396 e. The van der Waals surface area contributed by atoms with Gasteiger partial charge in [-0.3, -0.25) is 4.79 Å². The van der Waals surface area contributed by atoms with Crippen LogP contribution < -0.4 is 0 Å². The second kappa shape index (κ2) is 5.83. The molecule has 0 bridgehead atoms. The summed E-state index contributed by atoms with van der Waals surface area (Å²) in [4.78, 5) is 16.6. The lowest BCUT2D eigenvalue weighted by Gasteiger charge is -2.37. The Balaban J connectivity index is 1.89. The summed E-state index contributed by atoms with van der Waals surface area (Å²) in [6, 6.07) is 0. The zero-order chi connectivity index (χ0) is 12.3. The lowest BCUT2D eigenvalue weighted by Crippen LogP contribution is -2.47. The van der Waals surface area contributed by atoms with E-state index >= 15 is 0 Å². The highest BCUT2D eigenvalue weighted by Crippen LogP contribution is 2.22. The number of aliphatic hydroxyl groups is 1. The summed E-state index contributed by atoms with van der Waals surface area (Å²) in [6.07, 6.45) is 4.26. The van der Waals surface area contributed by atoms with Crippen molar-refractivity contribution in [3.8, 4) is 0 Å². The quantitative estimate of drug-likeness (QED) is 0.767. The van der Waals surface area contributed by atoms with Gasteiger partial charge in [0.2, 0.25) is 5.91 Å². The van der Waals surface area contributed by atoms with Crippen molar-refractivity contribution in [3.05, 3.63) is 0 Å². The molecule has 2 aliphatic heterocycles. The fraction of sp³-hybridized carbons (Fsp3) is 0.923. The van der Waals surface area contributed by atoms with Gasteiger partial charge < -0.3 is 14.9 Å². The second-order valence-corrected chi connectivity index (χ2v) is 5.58. The number of carbonyl (C=O) groups excluding carboxylic acids is 1. The number of amides is 1. The number of carbonyl (C=O) groups is 1. The van der Waals surface area contributed by atoms with E-state index in [9.17, 15) is 9.90 Å². The third-order valence-corrected chi connectivity index (χ3v) is 4.06. The Morgan fingerprint density at radius 2 is 2.00 bits per heavy atom. The number of hydrogen-bond acceptors (Lipinski definition) is 3. The molecule has 0 aromatic rings. The Bertz CT molecular complexity index is 270. The first-order valence-electron chi connectivity index (χ1n) is 6.79. The van der Waals surface area contributed by atoms with Crippen molar-refractivity contribution in [2.75, 3.05) is 39.8 Å². The molecule has 0 saturated carbocycles. The van der Waals surface area contributed by atoms with Crippen LogP contribution >= 0.6 is 0 Å². The van der Waals surface area contributed by atoms with Gasteiger partial charge in [0.15, 0.2) is 0 Å². The third kappa shape index (κ3) is 3.19. The van der Waals surface area contributed by atoms with Crippen molar-refractivity contribution in [3.63, 3.8) is 0 Å². The molecule has 1 N–H and O–H groups in total. The van der Waals surface area contributed by atoms with Gasteiger partial charge in [0, 0.05) is 26.2 Å². The van der Waals surface area contributed by atoms with Gasteiger partial charge in [-0.1, -0.05) is 0 Å². The monoisotopic (exact) mass is 240 g/mol. The minimum atomic E-state index is 0.186. The van der Waals surface area contributed by atoms with Gasteiger partial charge in [-0.2, -0.15) is 0 Å². The van der Waals surface area contributed by atoms with Crippen LogP contribution in [0.4, 0.5) is 0 Å². The summed E-state index contributed by atoms with van der Waals surface area (Å²) in [5.74, 6) is 0.801. The van der Waals surface area contributed by atoms with Crippen molar-refractivity contribution in [1.82, 2.24) is 9.80 Å². The van der Waals surface area contributed by atoms with Crippen LogP contribution in [-0.4, -0.2) is 60.6 Å². The summed E-state index contributed by atoms with van der Waals surface area (Å²) >= 11 is 0. The van der Waals surface area contributed by atoms with Gasteiger partial charge in [-0.15, -0.1) is 0 Å². The van der Waals surface area contributed by atoms with E-state index in [2.05, 4.69) is 11.9 Å². The van der Waals surface area contributed by atoms with E-state index in [1.54, 1.807) is 0 Å². The topological polar surface area (TPSA) is 43.8 Å². The first-order chi connectivity index (χ1) is 8.20. The highest BCUT2D eigenvalue weighted by Gasteiger charge is 2.30. The molecule has 98 valence electrons. The van der Waals surface area contributed by atoms with E-state index in [0.29, 0.717) is 11.8 Å². The lowest BCUT2D eigenvalue weighted by molar-refractivity contribution is -0.139. The summed E-state index contributed by atoms with van der Waals surface area (Å²) in [6.45, 7) is 3.88. The third-order valence-electron chi connectivity index (χ3n) is 4.06. The van der Waals surface area contributed by atoms with Crippen LogP contribution in [0.1, 0.15) is 25.7 Å². The molecule has 2 rings (SSSR count). The second-order valence-electron chi connectivity index (χ2n) is 5.58. The molecule has 4 nitrogen and oxygen atoms in total. The van der Waals surface area contributed by atoms with E-state index in [4.69, 9.17) is 0 Å². The Kier molecular flexibility index (Phi) is 4.40. The zero-order valence-corrected chi connectivity index (χ0v) is 10.8. The fourth-order valence-electron chi connectivity index (χ4n) is 3.04. The molecule has 4 heteroatoms. The SMILES string of the molecule is CN1CCCC(C(=O)N2CCCC(CO)C2)C1. The van der Waals surface area contributed by atoms with Crippen LogP contribution in [0.3, 0.4) is 0 Å². The molecule has 2 atom stereocenters. The van der Waals surface area contributed by atoms with E-state index in [0.717, 1.165) is 51.9 Å². The highest BCUT2D eigenvalue weighted by atomic mass is 16.3. The average Bonchev–Trinajstić information content (AvgIpc) is 2.38. The smallest absolute Gasteiger partial charge is 0.226 e. The molecule has 0 spiro atoms. The predicted octanol–water partition coefficient (Wildman–Crippen LogP) is 0.559. The van der Waals surface area contributed by atoms with Crippen LogP contribution in [0.2, 0.25) is 0 Å². The normalized spacial score (nSPS) is 31.5. The maximum absolute atomic E-state index is 12.4. The van der Waals surface area contributed by atoms with Gasteiger partial charge in [0.05, 0.1) is 5.92 Å². The highest BCUT2D eigenvalue weighted by molar-refractivity contribution is 5.79. The number of aliphatic hydroxyl groups excluding tert-OH is 1. The Labute approximate surface area is 104 Å². The summed E-state index contributed by atoms with van der Waals surface area (Å²) in [7, 11) is 2.09. The predicted molar refractivity (Wildman–Crippen MR) is 66.6 cm³/mol. The van der Waals surface area contributed by atoms with Crippen LogP contribution in [0.25, 0.3) is 0 Å². The van der Waals surface area contributed by atoms with E-state index in [1.807, 2.05) is 4.90 Å². The minimum absolute atomic E-state index is 0.186.